The smallest absolute Gasteiger partial charge is 0.251 e. The topological polar surface area (TPSA) is 110 Å². The van der Waals surface area contributed by atoms with Gasteiger partial charge in [-0.15, -0.1) is 0 Å². The number of carbonyl (C=O) groups is 1. The molecule has 1 heterocycles. The van der Waals surface area contributed by atoms with Gasteiger partial charge in [-0.25, -0.2) is 4.98 Å². The lowest BCUT2D eigenvalue weighted by Crippen LogP contribution is -2.17. The lowest BCUT2D eigenvalue weighted by Gasteiger charge is -2.12. The highest BCUT2D eigenvalue weighted by molar-refractivity contribution is 6.07. The maximum absolute atomic E-state index is 12.1. The van der Waals surface area contributed by atoms with Gasteiger partial charge in [-0.1, -0.05) is 36.9 Å². The Kier molecular flexibility index (Phi) is 7.72. The standard InChI is InChI=1S/C25H27N5O2/c1-17(21(15-26)16-28-10-11-31)30-24-14-19(8-9-29-24)12-18-6-7-22-20(13-18)4-3-5-23(22)25(32)27-2/h3-9,13-16,26,28,31H,1,10-12H2,2H3,(H,27,32)(H,29,30)/b21-16+,26-15?. The van der Waals surface area contributed by atoms with Crippen LogP contribution in [0.25, 0.3) is 10.8 Å². The highest BCUT2D eigenvalue weighted by Crippen LogP contribution is 2.22. The van der Waals surface area contributed by atoms with Gasteiger partial charge in [0.15, 0.2) is 0 Å². The molecule has 0 spiro atoms. The molecule has 0 bridgehead atoms. The zero-order chi connectivity index (χ0) is 22.9. The number of aromatic nitrogens is 1. The van der Waals surface area contributed by atoms with Gasteiger partial charge in [-0.3, -0.25) is 4.79 Å². The van der Waals surface area contributed by atoms with E-state index in [9.17, 15) is 4.79 Å². The van der Waals surface area contributed by atoms with Crippen LogP contribution >= 0.6 is 0 Å². The molecule has 7 nitrogen and oxygen atoms in total. The molecule has 0 saturated heterocycles. The average molecular weight is 430 g/mol. The number of nitrogens with one attached hydrogen (secondary N) is 4. The summed E-state index contributed by atoms with van der Waals surface area (Å²) in [7, 11) is 1.63. The number of hydrogen-bond donors (Lipinski definition) is 5. The van der Waals surface area contributed by atoms with Gasteiger partial charge in [0, 0.05) is 49.0 Å². The minimum atomic E-state index is -0.0988. The van der Waals surface area contributed by atoms with Crippen molar-refractivity contribution in [1.29, 1.82) is 5.41 Å². The van der Waals surface area contributed by atoms with E-state index in [0.717, 1.165) is 21.9 Å². The second kappa shape index (κ2) is 10.9. The van der Waals surface area contributed by atoms with Crippen LogP contribution in [0.2, 0.25) is 0 Å². The van der Waals surface area contributed by atoms with Crippen LogP contribution in [-0.2, 0) is 6.42 Å². The van der Waals surface area contributed by atoms with Crippen molar-refractivity contribution in [3.63, 3.8) is 0 Å². The monoisotopic (exact) mass is 429 g/mol. The number of aliphatic hydroxyl groups excluding tert-OH is 1. The Morgan fingerprint density at radius 2 is 2.00 bits per heavy atom. The lowest BCUT2D eigenvalue weighted by molar-refractivity contribution is 0.0964. The Hall–Kier alpha value is -3.97. The van der Waals surface area contributed by atoms with Crippen LogP contribution in [0.3, 0.4) is 0 Å². The maximum Gasteiger partial charge on any atom is 0.251 e. The summed E-state index contributed by atoms with van der Waals surface area (Å²) in [6, 6.07) is 15.7. The highest BCUT2D eigenvalue weighted by Gasteiger charge is 2.09. The van der Waals surface area contributed by atoms with Crippen molar-refractivity contribution in [2.24, 2.45) is 0 Å². The molecule has 164 valence electrons. The summed E-state index contributed by atoms with van der Waals surface area (Å²) in [4.78, 5) is 16.5. The zero-order valence-electron chi connectivity index (χ0n) is 18.0. The molecule has 0 atom stereocenters. The van der Waals surface area contributed by atoms with Crippen LogP contribution in [0.4, 0.5) is 5.82 Å². The van der Waals surface area contributed by atoms with Gasteiger partial charge < -0.3 is 26.5 Å². The van der Waals surface area contributed by atoms with Crippen LogP contribution in [0.1, 0.15) is 21.5 Å². The number of hydrogen-bond acceptors (Lipinski definition) is 6. The molecule has 0 aliphatic heterocycles. The van der Waals surface area contributed by atoms with Crippen molar-refractivity contribution in [2.75, 3.05) is 25.5 Å². The van der Waals surface area contributed by atoms with Crippen molar-refractivity contribution in [3.05, 3.63) is 95.5 Å². The highest BCUT2D eigenvalue weighted by atomic mass is 16.3. The van der Waals surface area contributed by atoms with Crippen LogP contribution in [0.5, 0.6) is 0 Å². The summed E-state index contributed by atoms with van der Waals surface area (Å²) in [5.41, 5.74) is 3.94. The van der Waals surface area contributed by atoms with E-state index in [2.05, 4.69) is 33.6 Å². The number of nitrogens with zero attached hydrogens (tertiary/aromatic N) is 1. The Morgan fingerprint density at radius 3 is 2.75 bits per heavy atom. The second-order valence-corrected chi connectivity index (χ2v) is 7.19. The van der Waals surface area contributed by atoms with Crippen LogP contribution in [0.15, 0.2) is 78.8 Å². The van der Waals surface area contributed by atoms with Gasteiger partial charge in [0.1, 0.15) is 5.82 Å². The third-order valence-corrected chi connectivity index (χ3v) is 4.95. The van der Waals surface area contributed by atoms with E-state index in [1.54, 1.807) is 19.4 Å². The predicted molar refractivity (Wildman–Crippen MR) is 129 cm³/mol. The molecule has 32 heavy (non-hydrogen) atoms. The molecule has 0 aliphatic carbocycles. The van der Waals surface area contributed by atoms with Crippen molar-refractivity contribution in [3.8, 4) is 0 Å². The normalized spacial score (nSPS) is 11.1. The van der Waals surface area contributed by atoms with Crippen LogP contribution < -0.4 is 16.0 Å². The number of fused-ring (bicyclic) bond motifs is 1. The molecule has 7 heteroatoms. The van der Waals surface area contributed by atoms with Gasteiger partial charge in [0.25, 0.3) is 5.91 Å². The van der Waals surface area contributed by atoms with E-state index in [0.29, 0.717) is 35.6 Å². The Labute approximate surface area is 187 Å². The fourth-order valence-electron chi connectivity index (χ4n) is 3.35. The first-order chi connectivity index (χ1) is 15.5. The van der Waals surface area contributed by atoms with E-state index in [1.807, 2.05) is 42.5 Å². The number of anilines is 1. The Balaban J connectivity index is 1.76. The van der Waals surface area contributed by atoms with Gasteiger partial charge in [0.2, 0.25) is 0 Å². The predicted octanol–water partition coefficient (Wildman–Crippen LogP) is 3.23. The number of aliphatic hydroxyl groups is 1. The average Bonchev–Trinajstić information content (AvgIpc) is 2.81. The number of benzene rings is 2. The summed E-state index contributed by atoms with van der Waals surface area (Å²) in [6.45, 7) is 4.38. The van der Waals surface area contributed by atoms with Crippen LogP contribution in [0, 0.1) is 5.41 Å². The first-order valence-electron chi connectivity index (χ1n) is 10.3. The fraction of sp³-hybridized carbons (Fsp3) is 0.160. The summed E-state index contributed by atoms with van der Waals surface area (Å²) in [5.74, 6) is 0.531. The van der Waals surface area contributed by atoms with Gasteiger partial charge >= 0.3 is 0 Å². The Morgan fingerprint density at radius 1 is 1.19 bits per heavy atom. The van der Waals surface area contributed by atoms with E-state index < -0.39 is 0 Å². The SMILES string of the molecule is C=C(Nc1cc(Cc2ccc3c(C(=O)NC)cccc3c2)ccn1)/C(C=N)=C/NCCO. The molecule has 0 aliphatic rings. The number of carbonyl (C=O) groups excluding carboxylic acids is 1. The molecule has 0 saturated carbocycles. The van der Waals surface area contributed by atoms with Crippen molar-refractivity contribution < 1.29 is 9.90 Å². The van der Waals surface area contributed by atoms with E-state index in [1.165, 1.54) is 6.21 Å². The third-order valence-electron chi connectivity index (χ3n) is 4.95. The first kappa shape index (κ1) is 22.7. The van der Waals surface area contributed by atoms with Crippen molar-refractivity contribution in [2.45, 2.75) is 6.42 Å². The van der Waals surface area contributed by atoms with E-state index >= 15 is 0 Å². The fourth-order valence-corrected chi connectivity index (χ4v) is 3.35. The van der Waals surface area contributed by atoms with E-state index in [4.69, 9.17) is 10.5 Å². The molecule has 3 aromatic rings. The summed E-state index contributed by atoms with van der Waals surface area (Å²) < 4.78 is 0. The minimum absolute atomic E-state index is 0.00711. The van der Waals surface area contributed by atoms with E-state index in [-0.39, 0.29) is 12.5 Å². The summed E-state index contributed by atoms with van der Waals surface area (Å²) in [5, 5.41) is 27.1. The molecule has 0 radical (unpaired) electrons. The quantitative estimate of drug-likeness (QED) is 0.193. The van der Waals surface area contributed by atoms with Crippen molar-refractivity contribution in [1.82, 2.24) is 15.6 Å². The number of amides is 1. The number of pyridine rings is 1. The number of rotatable bonds is 10. The molecule has 3 rings (SSSR count). The largest absolute Gasteiger partial charge is 0.395 e. The molecular formula is C25H27N5O2. The summed E-state index contributed by atoms with van der Waals surface area (Å²) in [6.07, 6.45) is 5.25. The lowest BCUT2D eigenvalue weighted by atomic mass is 9.98. The zero-order valence-corrected chi connectivity index (χ0v) is 18.0. The molecular weight excluding hydrogens is 402 g/mol. The second-order valence-electron chi connectivity index (χ2n) is 7.19. The van der Waals surface area contributed by atoms with Crippen LogP contribution in [-0.4, -0.2) is 42.4 Å². The first-order valence-corrected chi connectivity index (χ1v) is 10.3. The molecule has 0 fully saturated rings. The number of allylic oxidation sites excluding steroid dienone is 1. The molecule has 0 unspecified atom stereocenters. The van der Waals surface area contributed by atoms with Gasteiger partial charge in [0.05, 0.1) is 6.61 Å². The molecule has 1 aromatic heterocycles. The maximum atomic E-state index is 12.1. The summed E-state index contributed by atoms with van der Waals surface area (Å²) >= 11 is 0. The van der Waals surface area contributed by atoms with Gasteiger partial charge in [-0.2, -0.15) is 0 Å². The van der Waals surface area contributed by atoms with Crippen molar-refractivity contribution >= 4 is 28.7 Å². The molecule has 5 N–H and O–H groups in total. The van der Waals surface area contributed by atoms with Gasteiger partial charge in [-0.05, 0) is 46.5 Å². The Bertz CT molecular complexity index is 1170. The molecule has 2 aromatic carbocycles. The minimum Gasteiger partial charge on any atom is -0.395 e. The molecule has 1 amide bonds. The third kappa shape index (κ3) is 5.59.